The lowest BCUT2D eigenvalue weighted by Crippen LogP contribution is -2.38. The smallest absolute Gasteiger partial charge is 0.253 e. The van der Waals surface area contributed by atoms with E-state index in [0.717, 1.165) is 28.1 Å². The van der Waals surface area contributed by atoms with Gasteiger partial charge in [0.1, 0.15) is 0 Å². The molecule has 10 heteroatoms. The second-order valence-electron chi connectivity index (χ2n) is 7.26. The van der Waals surface area contributed by atoms with E-state index in [-0.39, 0.29) is 10.8 Å². The van der Waals surface area contributed by atoms with Gasteiger partial charge in [0.05, 0.1) is 38.9 Å². The van der Waals surface area contributed by atoms with E-state index in [4.69, 9.17) is 9.88 Å². The summed E-state index contributed by atoms with van der Waals surface area (Å²) in [4.78, 5) is 19.5. The second-order valence-corrected chi connectivity index (χ2v) is 9.93. The second kappa shape index (κ2) is 9.31. The molecule has 31 heavy (non-hydrogen) atoms. The third kappa shape index (κ3) is 5.21. The Hall–Kier alpha value is -2.53. The fourth-order valence-electron chi connectivity index (χ4n) is 3.52. The quantitative estimate of drug-likeness (QED) is 0.522. The van der Waals surface area contributed by atoms with E-state index < -0.39 is 10.0 Å². The Labute approximate surface area is 185 Å². The van der Waals surface area contributed by atoms with E-state index in [9.17, 15) is 13.2 Å². The molecule has 1 amide bonds. The highest BCUT2D eigenvalue weighted by atomic mass is 32.2. The molecule has 3 N–H and O–H groups in total. The number of aryl methyl sites for hydroxylation is 1. The number of nitrogens with zero attached hydrogens (tertiary/aromatic N) is 2. The largest absolute Gasteiger partial charge is 0.378 e. The summed E-state index contributed by atoms with van der Waals surface area (Å²) >= 11 is 1.66. The molecular weight excluding hydrogens is 436 g/mol. The number of anilines is 1. The molecule has 0 aliphatic carbocycles. The predicted octanol–water partition coefficient (Wildman–Crippen LogP) is 2.14. The zero-order valence-electron chi connectivity index (χ0n) is 16.9. The van der Waals surface area contributed by atoms with Gasteiger partial charge < -0.3 is 15.0 Å². The SMILES string of the molecule is NS(=O)(=O)c1ccc(N2CCOCC2)c(C(=O)NCCCc2nc3ccccc3s2)c1. The van der Waals surface area contributed by atoms with E-state index in [2.05, 4.69) is 10.3 Å². The predicted molar refractivity (Wildman–Crippen MR) is 121 cm³/mol. The number of rotatable bonds is 7. The van der Waals surface area contributed by atoms with Crippen molar-refractivity contribution >= 4 is 43.2 Å². The van der Waals surface area contributed by atoms with Crippen molar-refractivity contribution in [1.29, 1.82) is 0 Å². The number of nitrogens with one attached hydrogen (secondary N) is 1. The third-order valence-electron chi connectivity index (χ3n) is 5.08. The molecule has 2 heterocycles. The summed E-state index contributed by atoms with van der Waals surface area (Å²) < 4.78 is 30.1. The lowest BCUT2D eigenvalue weighted by atomic mass is 10.1. The molecule has 0 unspecified atom stereocenters. The lowest BCUT2D eigenvalue weighted by molar-refractivity contribution is 0.0951. The summed E-state index contributed by atoms with van der Waals surface area (Å²) in [5, 5.41) is 9.21. The molecule has 1 aliphatic rings. The third-order valence-corrected chi connectivity index (χ3v) is 7.09. The molecule has 1 fully saturated rings. The van der Waals surface area contributed by atoms with Crippen LogP contribution in [0.25, 0.3) is 10.2 Å². The number of para-hydroxylation sites is 1. The summed E-state index contributed by atoms with van der Waals surface area (Å²) in [6.45, 7) is 2.83. The number of ether oxygens (including phenoxy) is 1. The van der Waals surface area contributed by atoms with Crippen LogP contribution in [0.4, 0.5) is 5.69 Å². The molecule has 0 bridgehead atoms. The number of thiazole rings is 1. The maximum absolute atomic E-state index is 12.9. The highest BCUT2D eigenvalue weighted by molar-refractivity contribution is 7.89. The van der Waals surface area contributed by atoms with Gasteiger partial charge in [-0.05, 0) is 36.8 Å². The van der Waals surface area contributed by atoms with E-state index in [1.807, 2.05) is 29.2 Å². The zero-order chi connectivity index (χ0) is 21.8. The van der Waals surface area contributed by atoms with Gasteiger partial charge in [-0.25, -0.2) is 18.5 Å². The molecule has 0 atom stereocenters. The number of benzene rings is 2. The molecule has 1 saturated heterocycles. The van der Waals surface area contributed by atoms with Gasteiger partial charge in [0.25, 0.3) is 5.91 Å². The van der Waals surface area contributed by atoms with Gasteiger partial charge in [-0.3, -0.25) is 4.79 Å². The molecule has 1 aromatic heterocycles. The standard InChI is InChI=1S/C21H24N4O4S2/c22-31(27,28)15-7-8-18(25-10-12-29-13-11-25)16(14-15)21(26)23-9-3-6-20-24-17-4-1-2-5-19(17)30-20/h1-2,4-5,7-8,14H,3,6,9-13H2,(H,23,26)(H2,22,27,28). The fourth-order valence-corrected chi connectivity index (χ4v) is 5.07. The normalized spacial score (nSPS) is 14.7. The Bertz CT molecular complexity index is 1150. The van der Waals surface area contributed by atoms with Crippen LogP contribution in [0.2, 0.25) is 0 Å². The molecule has 0 radical (unpaired) electrons. The monoisotopic (exact) mass is 460 g/mol. The first-order chi connectivity index (χ1) is 14.9. The van der Waals surface area contributed by atoms with E-state index in [1.165, 1.54) is 12.1 Å². The zero-order valence-corrected chi connectivity index (χ0v) is 18.5. The number of morpholine rings is 1. The lowest BCUT2D eigenvalue weighted by Gasteiger charge is -2.30. The number of sulfonamides is 1. The number of fused-ring (bicyclic) bond motifs is 1. The highest BCUT2D eigenvalue weighted by Gasteiger charge is 2.21. The van der Waals surface area contributed by atoms with Crippen molar-refractivity contribution in [2.45, 2.75) is 17.7 Å². The Kier molecular flexibility index (Phi) is 6.51. The van der Waals surface area contributed by atoms with Crippen LogP contribution in [-0.2, 0) is 21.2 Å². The van der Waals surface area contributed by atoms with Crippen molar-refractivity contribution in [2.75, 3.05) is 37.7 Å². The van der Waals surface area contributed by atoms with Crippen molar-refractivity contribution in [3.8, 4) is 0 Å². The van der Waals surface area contributed by atoms with Crippen molar-refractivity contribution in [3.63, 3.8) is 0 Å². The van der Waals surface area contributed by atoms with Crippen LogP contribution in [-0.4, -0.2) is 52.2 Å². The van der Waals surface area contributed by atoms with E-state index >= 15 is 0 Å². The van der Waals surface area contributed by atoms with Crippen LogP contribution in [0, 0.1) is 0 Å². The van der Waals surface area contributed by atoms with Crippen LogP contribution in [0.1, 0.15) is 21.8 Å². The van der Waals surface area contributed by atoms with Crippen LogP contribution >= 0.6 is 11.3 Å². The minimum absolute atomic E-state index is 0.0795. The van der Waals surface area contributed by atoms with Crippen LogP contribution in [0.15, 0.2) is 47.4 Å². The van der Waals surface area contributed by atoms with Gasteiger partial charge in [0.15, 0.2) is 0 Å². The first-order valence-corrected chi connectivity index (χ1v) is 12.4. The Morgan fingerprint density at radius 1 is 1.19 bits per heavy atom. The molecule has 0 spiro atoms. The number of primary sulfonamides is 1. The number of nitrogens with two attached hydrogens (primary N) is 1. The summed E-state index contributed by atoms with van der Waals surface area (Å²) in [6.07, 6.45) is 1.49. The summed E-state index contributed by atoms with van der Waals surface area (Å²) in [5.41, 5.74) is 1.97. The van der Waals surface area contributed by atoms with Gasteiger partial charge >= 0.3 is 0 Å². The summed E-state index contributed by atoms with van der Waals surface area (Å²) in [6, 6.07) is 12.4. The number of hydrogen-bond donors (Lipinski definition) is 2. The fraction of sp³-hybridized carbons (Fsp3) is 0.333. The Morgan fingerprint density at radius 3 is 2.71 bits per heavy atom. The van der Waals surface area contributed by atoms with Gasteiger partial charge in [-0.1, -0.05) is 12.1 Å². The van der Waals surface area contributed by atoms with Crippen molar-refractivity contribution in [1.82, 2.24) is 10.3 Å². The number of carbonyl (C=O) groups excluding carboxylic acids is 1. The van der Waals surface area contributed by atoms with Crippen LogP contribution in [0.3, 0.4) is 0 Å². The van der Waals surface area contributed by atoms with Crippen LogP contribution in [0.5, 0.6) is 0 Å². The van der Waals surface area contributed by atoms with Gasteiger partial charge in [-0.2, -0.15) is 0 Å². The average Bonchev–Trinajstić information content (AvgIpc) is 3.19. The minimum Gasteiger partial charge on any atom is -0.378 e. The number of hydrogen-bond acceptors (Lipinski definition) is 7. The van der Waals surface area contributed by atoms with Crippen LogP contribution < -0.4 is 15.4 Å². The van der Waals surface area contributed by atoms with Gasteiger partial charge in [0.2, 0.25) is 10.0 Å². The summed E-state index contributed by atoms with van der Waals surface area (Å²) in [7, 11) is -3.91. The Balaban J connectivity index is 1.44. The minimum atomic E-state index is -3.91. The number of amides is 1. The topological polar surface area (TPSA) is 115 Å². The first-order valence-electron chi connectivity index (χ1n) is 10.0. The molecule has 3 aromatic rings. The van der Waals surface area contributed by atoms with Gasteiger partial charge in [-0.15, -0.1) is 11.3 Å². The molecule has 164 valence electrons. The van der Waals surface area contributed by atoms with E-state index in [0.29, 0.717) is 44.1 Å². The number of carbonyl (C=O) groups is 1. The molecule has 1 aliphatic heterocycles. The average molecular weight is 461 g/mol. The maximum atomic E-state index is 12.9. The molecule has 0 saturated carbocycles. The molecule has 2 aromatic carbocycles. The molecular formula is C21H24N4O4S2. The van der Waals surface area contributed by atoms with Crippen molar-refractivity contribution < 1.29 is 17.9 Å². The summed E-state index contributed by atoms with van der Waals surface area (Å²) in [5.74, 6) is -0.323. The van der Waals surface area contributed by atoms with E-state index in [1.54, 1.807) is 17.4 Å². The van der Waals surface area contributed by atoms with Crippen molar-refractivity contribution in [3.05, 3.63) is 53.0 Å². The highest BCUT2D eigenvalue weighted by Crippen LogP contribution is 2.25. The Morgan fingerprint density at radius 2 is 1.97 bits per heavy atom. The first kappa shape index (κ1) is 21.7. The van der Waals surface area contributed by atoms with Crippen molar-refractivity contribution in [2.24, 2.45) is 5.14 Å². The molecule has 4 rings (SSSR count). The number of aromatic nitrogens is 1. The maximum Gasteiger partial charge on any atom is 0.253 e. The molecule has 8 nitrogen and oxygen atoms in total. The van der Waals surface area contributed by atoms with Gasteiger partial charge in [0, 0.05) is 31.7 Å².